The van der Waals surface area contributed by atoms with Gasteiger partial charge in [0.1, 0.15) is 11.7 Å². The van der Waals surface area contributed by atoms with Crippen LogP contribution in [0.25, 0.3) is 0 Å². The summed E-state index contributed by atoms with van der Waals surface area (Å²) < 4.78 is 12.9. The molecule has 1 N–H and O–H groups in total. The Balaban J connectivity index is 2.30. The van der Waals surface area contributed by atoms with Crippen LogP contribution in [-0.4, -0.2) is 11.8 Å². The molecule has 0 unspecified atom stereocenters. The molecule has 1 atom stereocenters. The summed E-state index contributed by atoms with van der Waals surface area (Å²) in [5.74, 6) is -0.643. The van der Waals surface area contributed by atoms with E-state index in [1.807, 2.05) is 17.5 Å². The van der Waals surface area contributed by atoms with E-state index in [4.69, 9.17) is 11.6 Å². The van der Waals surface area contributed by atoms with Crippen LogP contribution in [0.15, 0.2) is 41.8 Å². The van der Waals surface area contributed by atoms with E-state index in [-0.39, 0.29) is 23.6 Å². The maximum atomic E-state index is 12.9. The number of alkyl halides is 1. The number of rotatable bonds is 4. The minimum absolute atomic E-state index is 0.0942. The van der Waals surface area contributed by atoms with E-state index >= 15 is 0 Å². The van der Waals surface area contributed by atoms with Gasteiger partial charge in [-0.1, -0.05) is 18.2 Å². The molecule has 0 aliphatic rings. The first-order chi connectivity index (χ1) is 8.70. The predicted octanol–water partition coefficient (Wildman–Crippen LogP) is 3.33. The number of hydrogen-bond donors (Lipinski definition) is 1. The molecular formula is C13H11ClFNOS. The topological polar surface area (TPSA) is 29.1 Å². The van der Waals surface area contributed by atoms with Crippen molar-refractivity contribution in [1.82, 2.24) is 5.32 Å². The standard InChI is InChI=1S/C13H11ClFNOS/c14-8-12(17)16-13(11-2-1-7-18-11)9-3-5-10(15)6-4-9/h1-7,13H,8H2,(H,16,17)/t13-/m0/s1. The number of thiophene rings is 1. The fourth-order valence-corrected chi connectivity index (χ4v) is 2.51. The third kappa shape index (κ3) is 3.09. The average Bonchev–Trinajstić information content (AvgIpc) is 2.90. The second-order valence-corrected chi connectivity index (χ2v) is 4.95. The number of benzene rings is 1. The number of halogens is 2. The van der Waals surface area contributed by atoms with Gasteiger partial charge in [-0.3, -0.25) is 4.79 Å². The highest BCUT2D eigenvalue weighted by Gasteiger charge is 2.17. The lowest BCUT2D eigenvalue weighted by molar-refractivity contribution is -0.119. The Labute approximate surface area is 113 Å². The Bertz CT molecular complexity index is 512. The van der Waals surface area contributed by atoms with Crippen LogP contribution in [0.3, 0.4) is 0 Å². The Hall–Kier alpha value is -1.39. The van der Waals surface area contributed by atoms with Crippen molar-refractivity contribution in [2.75, 3.05) is 5.88 Å². The van der Waals surface area contributed by atoms with Crippen molar-refractivity contribution in [2.24, 2.45) is 0 Å². The summed E-state index contributed by atoms with van der Waals surface area (Å²) in [5.41, 5.74) is 0.831. The number of hydrogen-bond acceptors (Lipinski definition) is 2. The first-order valence-corrected chi connectivity index (χ1v) is 6.76. The fraction of sp³-hybridized carbons (Fsp3) is 0.154. The molecule has 0 aliphatic carbocycles. The lowest BCUT2D eigenvalue weighted by Gasteiger charge is -2.17. The lowest BCUT2D eigenvalue weighted by Crippen LogP contribution is -2.29. The first kappa shape index (κ1) is 13.1. The van der Waals surface area contributed by atoms with Crippen LogP contribution in [0.2, 0.25) is 0 Å². The summed E-state index contributed by atoms with van der Waals surface area (Å²) in [6, 6.07) is 9.63. The van der Waals surface area contributed by atoms with E-state index in [9.17, 15) is 9.18 Å². The fourth-order valence-electron chi connectivity index (χ4n) is 1.63. The molecule has 2 nitrogen and oxygen atoms in total. The smallest absolute Gasteiger partial charge is 0.235 e. The zero-order valence-corrected chi connectivity index (χ0v) is 11.0. The van der Waals surface area contributed by atoms with Crippen LogP contribution < -0.4 is 5.32 Å². The first-order valence-electron chi connectivity index (χ1n) is 5.35. The molecular weight excluding hydrogens is 273 g/mol. The highest BCUT2D eigenvalue weighted by molar-refractivity contribution is 7.10. The molecule has 1 aromatic carbocycles. The number of carbonyl (C=O) groups excluding carboxylic acids is 1. The van der Waals surface area contributed by atoms with Crippen molar-refractivity contribution in [1.29, 1.82) is 0 Å². The second-order valence-electron chi connectivity index (χ2n) is 3.70. The molecule has 18 heavy (non-hydrogen) atoms. The van der Waals surface area contributed by atoms with E-state index < -0.39 is 0 Å². The summed E-state index contributed by atoms with van der Waals surface area (Å²) in [6.07, 6.45) is 0. The Morgan fingerprint density at radius 2 is 2.06 bits per heavy atom. The van der Waals surface area contributed by atoms with Gasteiger partial charge in [-0.15, -0.1) is 22.9 Å². The number of amides is 1. The van der Waals surface area contributed by atoms with Crippen LogP contribution in [0, 0.1) is 5.82 Å². The van der Waals surface area contributed by atoms with E-state index in [0.717, 1.165) is 10.4 Å². The molecule has 1 aromatic heterocycles. The summed E-state index contributed by atoms with van der Waals surface area (Å²) in [7, 11) is 0. The number of carbonyl (C=O) groups is 1. The molecule has 1 amide bonds. The summed E-state index contributed by atoms with van der Waals surface area (Å²) in [5, 5.41) is 4.75. The van der Waals surface area contributed by atoms with Crippen LogP contribution >= 0.6 is 22.9 Å². The molecule has 0 spiro atoms. The normalized spacial score (nSPS) is 12.1. The van der Waals surface area contributed by atoms with Crippen molar-refractivity contribution in [3.05, 3.63) is 58.0 Å². The summed E-state index contributed by atoms with van der Waals surface area (Å²) in [4.78, 5) is 12.4. The molecule has 0 bridgehead atoms. The van der Waals surface area contributed by atoms with Crippen LogP contribution in [0.4, 0.5) is 4.39 Å². The van der Waals surface area contributed by atoms with Gasteiger partial charge in [0, 0.05) is 4.88 Å². The molecule has 0 saturated carbocycles. The zero-order valence-electron chi connectivity index (χ0n) is 9.40. The molecule has 94 valence electrons. The van der Waals surface area contributed by atoms with E-state index in [0.29, 0.717) is 0 Å². The van der Waals surface area contributed by atoms with Crippen LogP contribution in [0.5, 0.6) is 0 Å². The maximum Gasteiger partial charge on any atom is 0.235 e. The highest BCUT2D eigenvalue weighted by Crippen LogP contribution is 2.26. The third-order valence-electron chi connectivity index (χ3n) is 2.46. The van der Waals surface area contributed by atoms with Gasteiger partial charge >= 0.3 is 0 Å². The van der Waals surface area contributed by atoms with Gasteiger partial charge in [0.05, 0.1) is 6.04 Å². The SMILES string of the molecule is O=C(CCl)N[C@@H](c1ccc(F)cc1)c1cccs1. The summed E-state index contributed by atoms with van der Waals surface area (Å²) >= 11 is 7.03. The van der Waals surface area contributed by atoms with Crippen molar-refractivity contribution in [3.8, 4) is 0 Å². The average molecular weight is 284 g/mol. The minimum atomic E-state index is -0.299. The summed E-state index contributed by atoms with van der Waals surface area (Å²) in [6.45, 7) is 0. The van der Waals surface area contributed by atoms with E-state index in [2.05, 4.69) is 5.32 Å². The van der Waals surface area contributed by atoms with E-state index in [1.54, 1.807) is 12.1 Å². The molecule has 0 saturated heterocycles. The quantitative estimate of drug-likeness (QED) is 0.857. The largest absolute Gasteiger partial charge is 0.343 e. The van der Waals surface area contributed by atoms with Gasteiger partial charge in [0.25, 0.3) is 0 Å². The predicted molar refractivity (Wildman–Crippen MR) is 71.4 cm³/mol. The molecule has 1 heterocycles. The Morgan fingerprint density at radius 3 is 2.61 bits per heavy atom. The van der Waals surface area contributed by atoms with Crippen molar-refractivity contribution in [3.63, 3.8) is 0 Å². The Kier molecular flexibility index (Phi) is 4.33. The van der Waals surface area contributed by atoms with Crippen molar-refractivity contribution < 1.29 is 9.18 Å². The molecule has 2 aromatic rings. The molecule has 2 rings (SSSR count). The van der Waals surface area contributed by atoms with Crippen LogP contribution in [0.1, 0.15) is 16.5 Å². The zero-order chi connectivity index (χ0) is 13.0. The molecule has 0 fully saturated rings. The highest BCUT2D eigenvalue weighted by atomic mass is 35.5. The molecule has 5 heteroatoms. The minimum Gasteiger partial charge on any atom is -0.343 e. The lowest BCUT2D eigenvalue weighted by atomic mass is 10.1. The Morgan fingerprint density at radius 1 is 1.33 bits per heavy atom. The monoisotopic (exact) mass is 283 g/mol. The molecule has 0 radical (unpaired) electrons. The van der Waals surface area contributed by atoms with E-state index in [1.165, 1.54) is 23.5 Å². The van der Waals surface area contributed by atoms with Gasteiger partial charge in [0.15, 0.2) is 0 Å². The van der Waals surface area contributed by atoms with Gasteiger partial charge in [-0.05, 0) is 29.1 Å². The second kappa shape index (κ2) is 5.98. The maximum absolute atomic E-state index is 12.9. The molecule has 0 aliphatic heterocycles. The third-order valence-corrected chi connectivity index (χ3v) is 3.64. The van der Waals surface area contributed by atoms with Crippen LogP contribution in [-0.2, 0) is 4.79 Å². The van der Waals surface area contributed by atoms with Crippen molar-refractivity contribution >= 4 is 28.8 Å². The van der Waals surface area contributed by atoms with Gasteiger partial charge in [-0.2, -0.15) is 0 Å². The number of nitrogens with one attached hydrogen (secondary N) is 1. The van der Waals surface area contributed by atoms with Gasteiger partial charge in [0.2, 0.25) is 5.91 Å². The van der Waals surface area contributed by atoms with Crippen molar-refractivity contribution in [2.45, 2.75) is 6.04 Å². The van der Waals surface area contributed by atoms with Gasteiger partial charge in [-0.25, -0.2) is 4.39 Å². The van der Waals surface area contributed by atoms with Gasteiger partial charge < -0.3 is 5.32 Å².